The molecule has 0 bridgehead atoms. The van der Waals surface area contributed by atoms with Gasteiger partial charge in [0, 0.05) is 24.9 Å². The lowest BCUT2D eigenvalue weighted by molar-refractivity contribution is -0.121. The van der Waals surface area contributed by atoms with Crippen molar-refractivity contribution < 1.29 is 18.7 Å². The molecule has 0 atom stereocenters. The molecular weight excluding hydrogens is 333 g/mol. The van der Waals surface area contributed by atoms with E-state index >= 15 is 0 Å². The molecule has 0 heterocycles. The Labute approximate surface area is 153 Å². The summed E-state index contributed by atoms with van der Waals surface area (Å²) in [5, 5.41) is 2.87. The summed E-state index contributed by atoms with van der Waals surface area (Å²) >= 11 is 0. The minimum atomic E-state index is -0.365. The van der Waals surface area contributed by atoms with Gasteiger partial charge < -0.3 is 10.1 Å². The Morgan fingerprint density at radius 3 is 2.31 bits per heavy atom. The van der Waals surface area contributed by atoms with Gasteiger partial charge in [-0.1, -0.05) is 12.1 Å². The van der Waals surface area contributed by atoms with E-state index in [0.717, 1.165) is 18.6 Å². The summed E-state index contributed by atoms with van der Waals surface area (Å²) < 4.78 is 17.9. The number of ketones is 1. The highest BCUT2D eigenvalue weighted by Gasteiger charge is 2.08. The zero-order valence-corrected chi connectivity index (χ0v) is 15.0. The minimum absolute atomic E-state index is 0.0494. The smallest absolute Gasteiger partial charge is 0.220 e. The number of carbonyl (C=O) groups excluding carboxylic acids is 2. The van der Waals surface area contributed by atoms with Gasteiger partial charge in [0.2, 0.25) is 5.91 Å². The average molecular weight is 357 g/mol. The van der Waals surface area contributed by atoms with E-state index in [0.29, 0.717) is 24.9 Å². The van der Waals surface area contributed by atoms with Gasteiger partial charge in [-0.25, -0.2) is 4.39 Å². The van der Waals surface area contributed by atoms with Crippen LogP contribution < -0.4 is 10.1 Å². The van der Waals surface area contributed by atoms with Crippen LogP contribution in [0.2, 0.25) is 0 Å². The monoisotopic (exact) mass is 357 g/mol. The van der Waals surface area contributed by atoms with Crippen molar-refractivity contribution in [2.45, 2.75) is 32.1 Å². The number of benzene rings is 2. The maximum atomic E-state index is 12.8. The summed E-state index contributed by atoms with van der Waals surface area (Å²) in [6.45, 7) is 0.608. The first-order chi connectivity index (χ1) is 12.6. The molecule has 0 aliphatic heterocycles. The molecule has 138 valence electrons. The summed E-state index contributed by atoms with van der Waals surface area (Å²) in [7, 11) is 1.64. The van der Waals surface area contributed by atoms with Crippen molar-refractivity contribution in [3.8, 4) is 5.75 Å². The third-order valence-corrected chi connectivity index (χ3v) is 4.10. The van der Waals surface area contributed by atoms with Crippen LogP contribution in [0, 0.1) is 5.82 Å². The van der Waals surface area contributed by atoms with Crippen molar-refractivity contribution in [3.63, 3.8) is 0 Å². The maximum absolute atomic E-state index is 12.8. The number of carbonyl (C=O) groups is 2. The summed E-state index contributed by atoms with van der Waals surface area (Å²) in [6, 6.07) is 13.3. The summed E-state index contributed by atoms with van der Waals surface area (Å²) in [5.74, 6) is 0.344. The highest BCUT2D eigenvalue weighted by Crippen LogP contribution is 2.12. The molecule has 1 N–H and O–H groups in total. The number of hydrogen-bond donors (Lipinski definition) is 1. The molecule has 5 heteroatoms. The van der Waals surface area contributed by atoms with Crippen molar-refractivity contribution in [1.29, 1.82) is 0 Å². The van der Waals surface area contributed by atoms with Crippen molar-refractivity contribution >= 4 is 11.7 Å². The molecule has 1 amide bonds. The van der Waals surface area contributed by atoms with E-state index in [-0.39, 0.29) is 23.9 Å². The Bertz CT molecular complexity index is 711. The number of halogens is 1. The van der Waals surface area contributed by atoms with Gasteiger partial charge in [-0.15, -0.1) is 0 Å². The van der Waals surface area contributed by atoms with E-state index in [1.54, 1.807) is 7.11 Å². The maximum Gasteiger partial charge on any atom is 0.220 e. The first-order valence-corrected chi connectivity index (χ1v) is 8.77. The van der Waals surface area contributed by atoms with E-state index < -0.39 is 0 Å². The molecule has 26 heavy (non-hydrogen) atoms. The number of methoxy groups -OCH3 is 1. The molecule has 4 nitrogen and oxygen atoms in total. The second kappa shape index (κ2) is 10.3. The van der Waals surface area contributed by atoms with Crippen LogP contribution in [0.1, 0.15) is 41.6 Å². The standard InChI is InChI=1S/C21H24FNO3/c1-26-19-13-7-16(8-14-19)4-3-15-23-21(25)6-2-5-20(24)17-9-11-18(22)12-10-17/h7-14H,2-6,15H2,1H3,(H,23,25). The molecule has 0 radical (unpaired) electrons. The van der Waals surface area contributed by atoms with Crippen LogP contribution in [0.25, 0.3) is 0 Å². The van der Waals surface area contributed by atoms with E-state index in [9.17, 15) is 14.0 Å². The Kier molecular flexibility index (Phi) is 7.80. The van der Waals surface area contributed by atoms with Crippen LogP contribution in [0.4, 0.5) is 4.39 Å². The molecule has 0 saturated carbocycles. The number of rotatable bonds is 10. The van der Waals surface area contributed by atoms with Gasteiger partial charge in [0.05, 0.1) is 7.11 Å². The lowest BCUT2D eigenvalue weighted by Crippen LogP contribution is -2.24. The molecule has 0 spiro atoms. The topological polar surface area (TPSA) is 55.4 Å². The number of nitrogens with one attached hydrogen (secondary N) is 1. The van der Waals surface area contributed by atoms with Gasteiger partial charge in [0.15, 0.2) is 5.78 Å². The molecule has 0 fully saturated rings. The normalized spacial score (nSPS) is 10.4. The van der Waals surface area contributed by atoms with Gasteiger partial charge in [0.1, 0.15) is 11.6 Å². The quantitative estimate of drug-likeness (QED) is 0.518. The van der Waals surface area contributed by atoms with Crippen LogP contribution >= 0.6 is 0 Å². The number of amides is 1. The van der Waals surface area contributed by atoms with Crippen molar-refractivity contribution in [3.05, 3.63) is 65.5 Å². The predicted molar refractivity (Wildman–Crippen MR) is 98.9 cm³/mol. The Morgan fingerprint density at radius 1 is 0.962 bits per heavy atom. The third-order valence-electron chi connectivity index (χ3n) is 4.10. The predicted octanol–water partition coefficient (Wildman–Crippen LogP) is 3.94. The number of ether oxygens (including phenoxy) is 1. The molecule has 0 aliphatic rings. The van der Waals surface area contributed by atoms with E-state index in [4.69, 9.17) is 4.74 Å². The van der Waals surface area contributed by atoms with E-state index in [2.05, 4.69) is 5.32 Å². The molecule has 2 aromatic carbocycles. The molecule has 2 aromatic rings. The summed E-state index contributed by atoms with van der Waals surface area (Å²) in [4.78, 5) is 23.7. The number of Topliss-reactive ketones (excluding diaryl/α,β-unsaturated/α-hetero) is 1. The Balaban J connectivity index is 1.58. The van der Waals surface area contributed by atoms with Gasteiger partial charge in [-0.2, -0.15) is 0 Å². The van der Waals surface area contributed by atoms with Gasteiger partial charge >= 0.3 is 0 Å². The minimum Gasteiger partial charge on any atom is -0.497 e. The fraction of sp³-hybridized carbons (Fsp3) is 0.333. The van der Waals surface area contributed by atoms with E-state index in [1.807, 2.05) is 24.3 Å². The molecule has 0 unspecified atom stereocenters. The number of hydrogen-bond acceptors (Lipinski definition) is 3. The summed E-state index contributed by atoms with van der Waals surface area (Å²) in [5.41, 5.74) is 1.68. The van der Waals surface area contributed by atoms with Gasteiger partial charge in [-0.3, -0.25) is 9.59 Å². The van der Waals surface area contributed by atoms with Gasteiger partial charge in [0.25, 0.3) is 0 Å². The van der Waals surface area contributed by atoms with Crippen LogP contribution in [-0.4, -0.2) is 25.3 Å². The first-order valence-electron chi connectivity index (χ1n) is 8.77. The first kappa shape index (κ1) is 19.6. The highest BCUT2D eigenvalue weighted by molar-refractivity contribution is 5.96. The second-order valence-corrected chi connectivity index (χ2v) is 6.09. The lowest BCUT2D eigenvalue weighted by Gasteiger charge is -2.06. The largest absolute Gasteiger partial charge is 0.497 e. The SMILES string of the molecule is COc1ccc(CCCNC(=O)CCCC(=O)c2ccc(F)cc2)cc1. The lowest BCUT2D eigenvalue weighted by atomic mass is 10.1. The van der Waals surface area contributed by atoms with Crippen LogP contribution in [0.3, 0.4) is 0 Å². The van der Waals surface area contributed by atoms with Crippen molar-refractivity contribution in [2.75, 3.05) is 13.7 Å². The molecular formula is C21H24FNO3. The fourth-order valence-corrected chi connectivity index (χ4v) is 2.59. The Hall–Kier alpha value is -2.69. The Morgan fingerprint density at radius 2 is 1.65 bits per heavy atom. The fourth-order valence-electron chi connectivity index (χ4n) is 2.59. The third kappa shape index (κ3) is 6.67. The average Bonchev–Trinajstić information content (AvgIpc) is 2.66. The van der Waals surface area contributed by atoms with Crippen LogP contribution in [-0.2, 0) is 11.2 Å². The van der Waals surface area contributed by atoms with Crippen LogP contribution in [0.5, 0.6) is 5.75 Å². The molecule has 0 aromatic heterocycles. The van der Waals surface area contributed by atoms with Crippen molar-refractivity contribution in [1.82, 2.24) is 5.32 Å². The number of aryl methyl sites for hydroxylation is 1. The van der Waals surface area contributed by atoms with Crippen molar-refractivity contribution in [2.24, 2.45) is 0 Å². The molecule has 0 saturated heterocycles. The zero-order valence-electron chi connectivity index (χ0n) is 15.0. The zero-order chi connectivity index (χ0) is 18.8. The molecule has 2 rings (SSSR count). The highest BCUT2D eigenvalue weighted by atomic mass is 19.1. The van der Waals surface area contributed by atoms with E-state index in [1.165, 1.54) is 29.8 Å². The summed E-state index contributed by atoms with van der Waals surface area (Å²) in [6.07, 6.45) is 2.82. The molecule has 0 aliphatic carbocycles. The van der Waals surface area contributed by atoms with Crippen LogP contribution in [0.15, 0.2) is 48.5 Å². The van der Waals surface area contributed by atoms with Gasteiger partial charge in [-0.05, 0) is 61.2 Å². The second-order valence-electron chi connectivity index (χ2n) is 6.09.